The zero-order valence-electron chi connectivity index (χ0n) is 10.4. The van der Waals surface area contributed by atoms with Gasteiger partial charge >= 0.3 is 5.97 Å². The molecule has 0 saturated heterocycles. The van der Waals surface area contributed by atoms with Gasteiger partial charge in [0.05, 0.1) is 0 Å². The number of aliphatic carboxylic acids is 1. The Balaban J connectivity index is 3.18. The molecule has 0 aromatic heterocycles. The van der Waals surface area contributed by atoms with Crippen LogP contribution in [-0.2, 0) is 9.59 Å². The first-order valence-corrected chi connectivity index (χ1v) is 6.09. The van der Waals surface area contributed by atoms with E-state index in [4.69, 9.17) is 11.6 Å². The van der Waals surface area contributed by atoms with Crippen LogP contribution in [0.2, 0.25) is 5.02 Å². The molecule has 1 amide bonds. The summed E-state index contributed by atoms with van der Waals surface area (Å²) in [6, 6.07) is 4.03. The molecule has 0 saturated carbocycles. The number of halogens is 1. The summed E-state index contributed by atoms with van der Waals surface area (Å²) >= 11 is 5.85. The Bertz CT molecular complexity index is 448. The van der Waals surface area contributed by atoms with Crippen molar-refractivity contribution in [1.29, 1.82) is 0 Å². The van der Waals surface area contributed by atoms with Crippen molar-refractivity contribution in [3.63, 3.8) is 0 Å². The number of carbonyl (C=O) groups is 2. The van der Waals surface area contributed by atoms with Crippen LogP contribution in [0.5, 0.6) is 0 Å². The zero-order chi connectivity index (χ0) is 13.7. The second-order valence-electron chi connectivity index (χ2n) is 4.08. The number of carboxylic acid groups (broad SMARTS) is 1. The Kier molecular flexibility index (Phi) is 5.16. The van der Waals surface area contributed by atoms with E-state index in [0.717, 1.165) is 5.56 Å². The molecule has 1 atom stereocenters. The van der Waals surface area contributed by atoms with Crippen LogP contribution < -0.4 is 0 Å². The molecule has 4 nitrogen and oxygen atoms in total. The van der Waals surface area contributed by atoms with Crippen molar-refractivity contribution < 1.29 is 14.7 Å². The summed E-state index contributed by atoms with van der Waals surface area (Å²) in [4.78, 5) is 23.7. The number of nitrogens with zero attached hydrogens (tertiary/aromatic N) is 1. The number of carboxylic acids is 1. The molecule has 5 heteroatoms. The molecule has 0 aliphatic carbocycles. The van der Waals surface area contributed by atoms with E-state index in [0.29, 0.717) is 30.0 Å². The summed E-state index contributed by atoms with van der Waals surface area (Å²) in [6.07, 6.45) is 1.28. The van der Waals surface area contributed by atoms with E-state index >= 15 is 0 Å². The van der Waals surface area contributed by atoms with Crippen molar-refractivity contribution in [2.45, 2.75) is 26.3 Å². The predicted molar refractivity (Wildman–Crippen MR) is 69.6 cm³/mol. The number of rotatable bonds is 6. The minimum Gasteiger partial charge on any atom is -0.479 e. The Hall–Kier alpha value is -1.55. The molecule has 0 heterocycles. The first kappa shape index (κ1) is 14.5. The molecule has 0 bridgehead atoms. The van der Waals surface area contributed by atoms with Gasteiger partial charge in [-0.1, -0.05) is 24.6 Å². The van der Waals surface area contributed by atoms with E-state index in [1.54, 1.807) is 25.1 Å². The van der Waals surface area contributed by atoms with Gasteiger partial charge in [0.1, 0.15) is 0 Å². The standard InChI is InChI=1S/C13H16ClNO3/c1-3-6-15(8-16)12(13(17)18)11-5-4-10(14)7-9(11)2/h4-5,7-8,12H,3,6H2,1-2H3,(H,17,18). The van der Waals surface area contributed by atoms with Crippen molar-refractivity contribution in [2.24, 2.45) is 0 Å². The molecule has 18 heavy (non-hydrogen) atoms. The second kappa shape index (κ2) is 6.40. The van der Waals surface area contributed by atoms with Gasteiger partial charge in [-0.2, -0.15) is 0 Å². The van der Waals surface area contributed by atoms with E-state index in [1.165, 1.54) is 4.90 Å². The molecule has 1 rings (SSSR count). The topological polar surface area (TPSA) is 57.6 Å². The quantitative estimate of drug-likeness (QED) is 0.808. The zero-order valence-corrected chi connectivity index (χ0v) is 11.1. The summed E-state index contributed by atoms with van der Waals surface area (Å²) in [5.41, 5.74) is 1.35. The van der Waals surface area contributed by atoms with Gasteiger partial charge in [-0.05, 0) is 36.6 Å². The van der Waals surface area contributed by atoms with Crippen LogP contribution in [-0.4, -0.2) is 28.9 Å². The highest BCUT2D eigenvalue weighted by molar-refractivity contribution is 6.30. The van der Waals surface area contributed by atoms with Gasteiger partial charge in [-0.3, -0.25) is 4.79 Å². The molecule has 0 aliphatic heterocycles. The first-order valence-electron chi connectivity index (χ1n) is 5.71. The third-order valence-corrected chi connectivity index (χ3v) is 2.94. The number of hydrogen-bond acceptors (Lipinski definition) is 2. The lowest BCUT2D eigenvalue weighted by Gasteiger charge is -2.26. The van der Waals surface area contributed by atoms with Gasteiger partial charge < -0.3 is 10.0 Å². The average molecular weight is 270 g/mol. The molecule has 1 unspecified atom stereocenters. The van der Waals surface area contributed by atoms with Crippen molar-refractivity contribution in [2.75, 3.05) is 6.54 Å². The maximum absolute atomic E-state index is 11.4. The van der Waals surface area contributed by atoms with Crippen molar-refractivity contribution in [1.82, 2.24) is 4.90 Å². The fraction of sp³-hybridized carbons (Fsp3) is 0.385. The number of amides is 1. The molecule has 1 aromatic carbocycles. The molecule has 0 fully saturated rings. The summed E-state index contributed by atoms with van der Waals surface area (Å²) < 4.78 is 0. The van der Waals surface area contributed by atoms with E-state index in [9.17, 15) is 14.7 Å². The predicted octanol–water partition coefficient (Wildman–Crippen LogP) is 2.64. The number of hydrogen-bond donors (Lipinski definition) is 1. The highest BCUT2D eigenvalue weighted by Crippen LogP contribution is 2.26. The fourth-order valence-electron chi connectivity index (χ4n) is 1.90. The number of carbonyl (C=O) groups excluding carboxylic acids is 1. The molecule has 1 aromatic rings. The molecular weight excluding hydrogens is 254 g/mol. The normalized spacial score (nSPS) is 11.9. The first-order chi connectivity index (χ1) is 8.51. The summed E-state index contributed by atoms with van der Waals surface area (Å²) in [6.45, 7) is 4.08. The molecule has 0 aliphatic rings. The summed E-state index contributed by atoms with van der Waals surface area (Å²) in [7, 11) is 0. The van der Waals surface area contributed by atoms with Gasteiger partial charge in [0, 0.05) is 11.6 Å². The van der Waals surface area contributed by atoms with Crippen LogP contribution in [0.1, 0.15) is 30.5 Å². The van der Waals surface area contributed by atoms with Gasteiger partial charge in [-0.25, -0.2) is 4.79 Å². The SMILES string of the molecule is CCCN(C=O)C(C(=O)O)c1ccc(Cl)cc1C. The highest BCUT2D eigenvalue weighted by Gasteiger charge is 2.27. The summed E-state index contributed by atoms with van der Waals surface area (Å²) in [5.74, 6) is -1.04. The van der Waals surface area contributed by atoms with Crippen LogP contribution in [0.15, 0.2) is 18.2 Å². The average Bonchev–Trinajstić information content (AvgIpc) is 2.30. The lowest BCUT2D eigenvalue weighted by Crippen LogP contribution is -2.34. The van der Waals surface area contributed by atoms with Crippen molar-refractivity contribution in [3.05, 3.63) is 34.3 Å². The largest absolute Gasteiger partial charge is 0.479 e. The van der Waals surface area contributed by atoms with Crippen LogP contribution >= 0.6 is 11.6 Å². The van der Waals surface area contributed by atoms with E-state index in [-0.39, 0.29) is 0 Å². The molecule has 98 valence electrons. The number of aryl methyl sites for hydroxylation is 1. The third-order valence-electron chi connectivity index (χ3n) is 2.71. The molecule has 0 radical (unpaired) electrons. The van der Waals surface area contributed by atoms with Crippen LogP contribution in [0.25, 0.3) is 0 Å². The summed E-state index contributed by atoms with van der Waals surface area (Å²) in [5, 5.41) is 9.86. The van der Waals surface area contributed by atoms with Crippen LogP contribution in [0, 0.1) is 6.92 Å². The van der Waals surface area contributed by atoms with Gasteiger partial charge in [0.15, 0.2) is 6.04 Å². The van der Waals surface area contributed by atoms with E-state index < -0.39 is 12.0 Å². The lowest BCUT2D eigenvalue weighted by molar-refractivity contribution is -0.146. The maximum atomic E-state index is 11.4. The van der Waals surface area contributed by atoms with Crippen molar-refractivity contribution >= 4 is 24.0 Å². The Morgan fingerprint density at radius 3 is 2.67 bits per heavy atom. The smallest absolute Gasteiger partial charge is 0.331 e. The highest BCUT2D eigenvalue weighted by atomic mass is 35.5. The second-order valence-corrected chi connectivity index (χ2v) is 4.52. The van der Waals surface area contributed by atoms with Crippen LogP contribution in [0.3, 0.4) is 0 Å². The van der Waals surface area contributed by atoms with Gasteiger partial charge in [0.2, 0.25) is 6.41 Å². The Labute approximate surface area is 111 Å². The maximum Gasteiger partial charge on any atom is 0.331 e. The monoisotopic (exact) mass is 269 g/mol. The van der Waals surface area contributed by atoms with Crippen molar-refractivity contribution in [3.8, 4) is 0 Å². The van der Waals surface area contributed by atoms with Crippen LogP contribution in [0.4, 0.5) is 0 Å². The number of benzene rings is 1. The molecule has 1 N–H and O–H groups in total. The Morgan fingerprint density at radius 2 is 2.22 bits per heavy atom. The van der Waals surface area contributed by atoms with E-state index in [2.05, 4.69) is 0 Å². The van der Waals surface area contributed by atoms with Gasteiger partial charge in [-0.15, -0.1) is 0 Å². The van der Waals surface area contributed by atoms with Gasteiger partial charge in [0.25, 0.3) is 0 Å². The minimum atomic E-state index is -1.04. The van der Waals surface area contributed by atoms with E-state index in [1.807, 2.05) is 6.92 Å². The molecular formula is C13H16ClNO3. The fourth-order valence-corrected chi connectivity index (χ4v) is 2.13. The Morgan fingerprint density at radius 1 is 1.56 bits per heavy atom. The lowest BCUT2D eigenvalue weighted by atomic mass is 10.00. The third kappa shape index (κ3) is 3.23. The minimum absolute atomic E-state index is 0.405. The molecule has 0 spiro atoms.